The second-order valence-electron chi connectivity index (χ2n) is 8.15. The smallest absolute Gasteiger partial charge is 0.199 e. The van der Waals surface area contributed by atoms with Gasteiger partial charge in [-0.2, -0.15) is 0 Å². The summed E-state index contributed by atoms with van der Waals surface area (Å²) in [7, 11) is -3.02. The van der Waals surface area contributed by atoms with E-state index in [1.165, 1.54) is 12.8 Å². The fourth-order valence-electron chi connectivity index (χ4n) is 4.78. The number of phenolic OH excluding ortho intramolecular Hbond substituents is 1. The van der Waals surface area contributed by atoms with Crippen molar-refractivity contribution in [1.82, 2.24) is 9.57 Å². The molecule has 2 unspecified atom stereocenters. The molecule has 0 bridgehead atoms. The highest BCUT2D eigenvalue weighted by molar-refractivity contribution is 9.10. The lowest BCUT2D eigenvalue weighted by Crippen LogP contribution is -2.41. The molecule has 2 saturated heterocycles. The van der Waals surface area contributed by atoms with E-state index in [2.05, 4.69) is 25.5 Å². The maximum atomic E-state index is 15.2. The number of piperidine rings is 2. The van der Waals surface area contributed by atoms with Crippen molar-refractivity contribution in [2.45, 2.75) is 44.3 Å². The summed E-state index contributed by atoms with van der Waals surface area (Å²) in [5.74, 6) is -0.0993. The quantitative estimate of drug-likeness (QED) is 0.559. The van der Waals surface area contributed by atoms with Crippen LogP contribution in [0, 0.1) is 0 Å². The van der Waals surface area contributed by atoms with Gasteiger partial charge in [-0.05, 0) is 57.0 Å². The van der Waals surface area contributed by atoms with E-state index in [0.29, 0.717) is 0 Å². The largest absolute Gasteiger partial charge is 0.508 e. The summed E-state index contributed by atoms with van der Waals surface area (Å²) in [5, 5.41) is 11.8. The maximum absolute atomic E-state index is 15.2. The summed E-state index contributed by atoms with van der Waals surface area (Å²) in [6, 6.07) is 15.5. The molecule has 4 rings (SSSR count). The van der Waals surface area contributed by atoms with Gasteiger partial charge in [0.25, 0.3) is 0 Å². The first kappa shape index (κ1) is 21.1. The Morgan fingerprint density at radius 3 is 2.14 bits per heavy atom. The van der Waals surface area contributed by atoms with E-state index >= 15 is 4.57 Å². The standard InChI is InChI=1S/C23H30BrN2O2P/c24-19-12-13-22(27)21(18-19)23(25-14-6-2-7-15-25)29(28,20-10-4-1-5-11-20)26-16-8-3-9-17-26/h1,4-5,10-13,18,23,27H,2-3,6-9,14-17H2. The second kappa shape index (κ2) is 9.34. The zero-order chi connectivity index (χ0) is 20.3. The van der Waals surface area contributed by atoms with Crippen molar-refractivity contribution in [2.75, 3.05) is 26.2 Å². The molecule has 0 spiro atoms. The predicted octanol–water partition coefficient (Wildman–Crippen LogP) is 5.73. The van der Waals surface area contributed by atoms with E-state index in [0.717, 1.165) is 67.2 Å². The second-order valence-corrected chi connectivity index (χ2v) is 11.9. The Morgan fingerprint density at radius 1 is 0.862 bits per heavy atom. The summed E-state index contributed by atoms with van der Waals surface area (Å²) in [6.07, 6.45) is 6.79. The molecule has 6 heteroatoms. The molecule has 0 amide bonds. The zero-order valence-corrected chi connectivity index (χ0v) is 19.3. The number of halogens is 1. The lowest BCUT2D eigenvalue weighted by atomic mass is 10.1. The summed E-state index contributed by atoms with van der Waals surface area (Å²) in [5.41, 5.74) is 0.777. The Morgan fingerprint density at radius 2 is 1.48 bits per heavy atom. The Labute approximate surface area is 182 Å². The molecule has 0 saturated carbocycles. The van der Waals surface area contributed by atoms with Crippen LogP contribution in [0.2, 0.25) is 0 Å². The van der Waals surface area contributed by atoms with Gasteiger partial charge in [-0.1, -0.05) is 59.1 Å². The Kier molecular flexibility index (Phi) is 6.80. The summed E-state index contributed by atoms with van der Waals surface area (Å²) < 4.78 is 18.3. The number of hydrogen-bond donors (Lipinski definition) is 1. The van der Waals surface area contributed by atoms with Gasteiger partial charge in [0.2, 0.25) is 0 Å². The van der Waals surface area contributed by atoms with Gasteiger partial charge in [0, 0.05) is 28.4 Å². The molecule has 29 heavy (non-hydrogen) atoms. The lowest BCUT2D eigenvalue weighted by Gasteiger charge is -2.45. The molecule has 0 aliphatic carbocycles. The molecule has 4 nitrogen and oxygen atoms in total. The summed E-state index contributed by atoms with van der Waals surface area (Å²) in [6.45, 7) is 3.54. The average molecular weight is 477 g/mol. The van der Waals surface area contributed by atoms with Crippen LogP contribution in [-0.4, -0.2) is 40.9 Å². The van der Waals surface area contributed by atoms with Crippen LogP contribution in [0.5, 0.6) is 5.75 Å². The Hall–Kier alpha value is -1.13. The molecule has 2 heterocycles. The third-order valence-electron chi connectivity index (χ3n) is 6.21. The van der Waals surface area contributed by atoms with Gasteiger partial charge < -0.3 is 5.11 Å². The SMILES string of the molecule is O=P(c1ccccc1)(C(c1cc(Br)ccc1O)N1CCCCC1)N1CCCCC1. The van der Waals surface area contributed by atoms with E-state index in [4.69, 9.17) is 0 Å². The number of hydrogen-bond acceptors (Lipinski definition) is 3. The highest BCUT2D eigenvalue weighted by Crippen LogP contribution is 2.64. The van der Waals surface area contributed by atoms with Gasteiger partial charge in [0.15, 0.2) is 7.29 Å². The molecule has 2 aromatic rings. The van der Waals surface area contributed by atoms with E-state index < -0.39 is 7.29 Å². The molecule has 2 fully saturated rings. The Bertz CT molecular complexity index is 864. The fourth-order valence-corrected chi connectivity index (χ4v) is 8.81. The van der Waals surface area contributed by atoms with Gasteiger partial charge in [0.1, 0.15) is 11.5 Å². The number of aromatic hydroxyl groups is 1. The monoisotopic (exact) mass is 476 g/mol. The van der Waals surface area contributed by atoms with Crippen LogP contribution in [0.1, 0.15) is 49.9 Å². The zero-order valence-electron chi connectivity index (χ0n) is 16.8. The number of benzene rings is 2. The van der Waals surface area contributed by atoms with Crippen molar-refractivity contribution in [2.24, 2.45) is 0 Å². The number of likely N-dealkylation sites (tertiary alicyclic amines) is 1. The molecule has 2 atom stereocenters. The minimum Gasteiger partial charge on any atom is -0.508 e. The first-order valence-corrected chi connectivity index (χ1v) is 13.3. The number of phenols is 1. The van der Waals surface area contributed by atoms with Gasteiger partial charge in [-0.15, -0.1) is 0 Å². The first-order chi connectivity index (χ1) is 14.1. The highest BCUT2D eigenvalue weighted by Gasteiger charge is 2.46. The summed E-state index contributed by atoms with van der Waals surface area (Å²) in [4.78, 5) is 2.37. The van der Waals surface area contributed by atoms with Crippen molar-refractivity contribution in [3.8, 4) is 5.75 Å². The minimum absolute atomic E-state index is 0.233. The first-order valence-electron chi connectivity index (χ1n) is 10.7. The van der Waals surface area contributed by atoms with Crippen LogP contribution in [-0.2, 0) is 4.57 Å². The highest BCUT2D eigenvalue weighted by atomic mass is 79.9. The van der Waals surface area contributed by atoms with E-state index in [1.54, 1.807) is 6.07 Å². The molecule has 156 valence electrons. The Balaban J connectivity index is 1.90. The number of nitrogens with zero attached hydrogens (tertiary/aromatic N) is 2. The van der Waals surface area contributed by atoms with Gasteiger partial charge >= 0.3 is 0 Å². The van der Waals surface area contributed by atoms with Crippen molar-refractivity contribution >= 4 is 28.5 Å². The maximum Gasteiger partial charge on any atom is 0.199 e. The van der Waals surface area contributed by atoms with Crippen molar-refractivity contribution in [3.63, 3.8) is 0 Å². The molecule has 1 N–H and O–H groups in total. The number of rotatable bonds is 5. The van der Waals surface area contributed by atoms with Crippen molar-refractivity contribution in [1.29, 1.82) is 0 Å². The molecule has 0 radical (unpaired) electrons. The molecule has 0 aromatic heterocycles. The van der Waals surface area contributed by atoms with Gasteiger partial charge in [-0.3, -0.25) is 9.46 Å². The van der Waals surface area contributed by atoms with Crippen LogP contribution in [0.4, 0.5) is 0 Å². The van der Waals surface area contributed by atoms with E-state index in [9.17, 15) is 5.11 Å². The molecular formula is C23H30BrN2O2P. The molecule has 2 aromatic carbocycles. The molecule has 2 aliphatic heterocycles. The normalized spacial score (nSPS) is 22.1. The topological polar surface area (TPSA) is 43.8 Å². The fraction of sp³-hybridized carbons (Fsp3) is 0.478. The van der Waals surface area contributed by atoms with Crippen molar-refractivity contribution in [3.05, 3.63) is 58.6 Å². The van der Waals surface area contributed by atoms with Gasteiger partial charge in [0.05, 0.1) is 0 Å². The third kappa shape index (κ3) is 4.34. The minimum atomic E-state index is -3.02. The van der Waals surface area contributed by atoms with E-state index in [1.807, 2.05) is 42.5 Å². The average Bonchev–Trinajstić information content (AvgIpc) is 2.78. The molecule has 2 aliphatic rings. The molecular weight excluding hydrogens is 447 g/mol. The van der Waals surface area contributed by atoms with Crippen LogP contribution in [0.25, 0.3) is 0 Å². The van der Waals surface area contributed by atoms with Crippen LogP contribution in [0.15, 0.2) is 53.0 Å². The van der Waals surface area contributed by atoms with E-state index in [-0.39, 0.29) is 11.5 Å². The van der Waals surface area contributed by atoms with Crippen LogP contribution >= 0.6 is 23.2 Å². The van der Waals surface area contributed by atoms with Crippen molar-refractivity contribution < 1.29 is 9.67 Å². The third-order valence-corrected chi connectivity index (χ3v) is 10.3. The lowest BCUT2D eigenvalue weighted by molar-refractivity contribution is 0.196. The predicted molar refractivity (Wildman–Crippen MR) is 123 cm³/mol. The van der Waals surface area contributed by atoms with Gasteiger partial charge in [-0.25, -0.2) is 4.67 Å². The van der Waals surface area contributed by atoms with Crippen LogP contribution in [0.3, 0.4) is 0 Å². The van der Waals surface area contributed by atoms with Crippen LogP contribution < -0.4 is 5.30 Å². The summed E-state index contributed by atoms with van der Waals surface area (Å²) >= 11 is 3.57.